The van der Waals surface area contributed by atoms with Crippen molar-refractivity contribution in [1.82, 2.24) is 14.8 Å². The van der Waals surface area contributed by atoms with E-state index in [2.05, 4.69) is 40.4 Å². The summed E-state index contributed by atoms with van der Waals surface area (Å²) in [6.45, 7) is 9.24. The lowest BCUT2D eigenvalue weighted by molar-refractivity contribution is 0.263. The molecule has 4 nitrogen and oxygen atoms in total. The number of nitrogens with zero attached hydrogens (tertiary/aromatic N) is 3. The lowest BCUT2D eigenvalue weighted by atomic mass is 9.80. The summed E-state index contributed by atoms with van der Waals surface area (Å²) >= 11 is 5.47. The first-order valence-electron chi connectivity index (χ1n) is 7.88. The first-order chi connectivity index (χ1) is 9.47. The van der Waals surface area contributed by atoms with E-state index in [1.807, 2.05) is 0 Å². The standard InChI is InChI=1S/C15H26N4S/c1-15(2,3)11-8-9-18(10-11)13-16-17-14(20)19(13)12-6-4-5-7-12/h11-12H,4-10H2,1-3H3,(H,17,20). The number of hydrogen-bond acceptors (Lipinski definition) is 3. The van der Waals surface area contributed by atoms with Crippen LogP contribution in [0.4, 0.5) is 5.95 Å². The molecule has 1 aromatic rings. The third kappa shape index (κ3) is 2.52. The second kappa shape index (κ2) is 5.17. The summed E-state index contributed by atoms with van der Waals surface area (Å²) in [5, 5.41) is 7.55. The third-order valence-electron chi connectivity index (χ3n) is 5.07. The van der Waals surface area contributed by atoms with Crippen LogP contribution in [-0.2, 0) is 0 Å². The molecular formula is C15H26N4S. The maximum Gasteiger partial charge on any atom is 0.225 e. The molecule has 0 amide bonds. The van der Waals surface area contributed by atoms with Crippen LogP contribution in [0.25, 0.3) is 0 Å². The van der Waals surface area contributed by atoms with E-state index in [1.54, 1.807) is 0 Å². The van der Waals surface area contributed by atoms with Crippen molar-refractivity contribution in [3.05, 3.63) is 4.77 Å². The maximum absolute atomic E-state index is 5.47. The van der Waals surface area contributed by atoms with Crippen molar-refractivity contribution in [2.75, 3.05) is 18.0 Å². The van der Waals surface area contributed by atoms with E-state index < -0.39 is 0 Å². The Morgan fingerprint density at radius 1 is 1.20 bits per heavy atom. The second-order valence-corrected chi connectivity index (χ2v) is 7.82. The minimum Gasteiger partial charge on any atom is -0.341 e. The van der Waals surface area contributed by atoms with Gasteiger partial charge in [0, 0.05) is 19.1 Å². The van der Waals surface area contributed by atoms with Crippen LogP contribution in [0, 0.1) is 16.1 Å². The minimum absolute atomic E-state index is 0.375. The molecule has 0 spiro atoms. The predicted octanol–water partition coefficient (Wildman–Crippen LogP) is 3.93. The fourth-order valence-electron chi connectivity index (χ4n) is 3.66. The highest BCUT2D eigenvalue weighted by atomic mass is 32.1. The zero-order chi connectivity index (χ0) is 14.3. The molecule has 2 fully saturated rings. The van der Waals surface area contributed by atoms with E-state index in [-0.39, 0.29) is 0 Å². The van der Waals surface area contributed by atoms with Crippen LogP contribution < -0.4 is 4.90 Å². The second-order valence-electron chi connectivity index (χ2n) is 7.43. The maximum atomic E-state index is 5.47. The van der Waals surface area contributed by atoms with E-state index in [4.69, 9.17) is 12.2 Å². The van der Waals surface area contributed by atoms with Crippen molar-refractivity contribution in [2.24, 2.45) is 11.3 Å². The number of H-pyrrole nitrogens is 1. The number of anilines is 1. The van der Waals surface area contributed by atoms with Gasteiger partial charge in [-0.3, -0.25) is 4.57 Å². The van der Waals surface area contributed by atoms with E-state index >= 15 is 0 Å². The highest BCUT2D eigenvalue weighted by molar-refractivity contribution is 7.71. The van der Waals surface area contributed by atoms with E-state index in [0.29, 0.717) is 11.5 Å². The van der Waals surface area contributed by atoms with Crippen LogP contribution >= 0.6 is 12.2 Å². The summed E-state index contributed by atoms with van der Waals surface area (Å²) in [5.41, 5.74) is 0.375. The van der Waals surface area contributed by atoms with Crippen LogP contribution in [0.5, 0.6) is 0 Å². The van der Waals surface area contributed by atoms with Crippen LogP contribution in [0.2, 0.25) is 0 Å². The van der Waals surface area contributed by atoms with Crippen LogP contribution in [-0.4, -0.2) is 27.9 Å². The molecule has 1 atom stereocenters. The molecule has 1 aliphatic heterocycles. The highest BCUT2D eigenvalue weighted by Gasteiger charge is 2.34. The molecule has 20 heavy (non-hydrogen) atoms. The summed E-state index contributed by atoms with van der Waals surface area (Å²) in [7, 11) is 0. The van der Waals surface area contributed by atoms with Crippen molar-refractivity contribution in [1.29, 1.82) is 0 Å². The quantitative estimate of drug-likeness (QED) is 0.840. The molecule has 1 N–H and O–H groups in total. The van der Waals surface area contributed by atoms with E-state index in [1.165, 1.54) is 32.1 Å². The molecule has 2 aliphatic rings. The van der Waals surface area contributed by atoms with E-state index in [0.717, 1.165) is 29.7 Å². The summed E-state index contributed by atoms with van der Waals surface area (Å²) < 4.78 is 3.08. The van der Waals surface area contributed by atoms with Gasteiger partial charge in [0.15, 0.2) is 4.77 Å². The monoisotopic (exact) mass is 294 g/mol. The number of nitrogens with one attached hydrogen (secondary N) is 1. The average molecular weight is 294 g/mol. The number of aromatic nitrogens is 3. The average Bonchev–Trinajstić information content (AvgIpc) is 3.05. The van der Waals surface area contributed by atoms with Gasteiger partial charge in [-0.05, 0) is 42.8 Å². The molecule has 1 unspecified atom stereocenters. The van der Waals surface area contributed by atoms with Gasteiger partial charge in [0.25, 0.3) is 0 Å². The summed E-state index contributed by atoms with van der Waals surface area (Å²) in [5.74, 6) is 1.82. The van der Waals surface area contributed by atoms with Gasteiger partial charge >= 0.3 is 0 Å². The largest absolute Gasteiger partial charge is 0.341 e. The Labute approximate surface area is 126 Å². The van der Waals surface area contributed by atoms with Gasteiger partial charge in [-0.2, -0.15) is 0 Å². The molecule has 112 valence electrons. The van der Waals surface area contributed by atoms with Gasteiger partial charge in [0.2, 0.25) is 5.95 Å². The molecule has 5 heteroatoms. The zero-order valence-electron chi connectivity index (χ0n) is 12.9. The minimum atomic E-state index is 0.375. The predicted molar refractivity (Wildman–Crippen MR) is 84.7 cm³/mol. The Hall–Kier alpha value is -0.840. The van der Waals surface area contributed by atoms with Gasteiger partial charge in [0.1, 0.15) is 0 Å². The van der Waals surface area contributed by atoms with Crippen molar-refractivity contribution in [3.8, 4) is 0 Å². The van der Waals surface area contributed by atoms with Gasteiger partial charge in [-0.1, -0.05) is 33.6 Å². The van der Waals surface area contributed by atoms with Gasteiger partial charge in [0.05, 0.1) is 0 Å². The Bertz CT molecular complexity index is 519. The molecule has 2 heterocycles. The van der Waals surface area contributed by atoms with Crippen LogP contribution in [0.1, 0.15) is 58.9 Å². The third-order valence-corrected chi connectivity index (χ3v) is 5.36. The molecule has 0 bridgehead atoms. The molecule has 1 saturated carbocycles. The Balaban J connectivity index is 1.83. The highest BCUT2D eigenvalue weighted by Crippen LogP contribution is 2.37. The van der Waals surface area contributed by atoms with Crippen LogP contribution in [0.3, 0.4) is 0 Å². The fourth-order valence-corrected chi connectivity index (χ4v) is 3.94. The lowest BCUT2D eigenvalue weighted by Gasteiger charge is -2.27. The van der Waals surface area contributed by atoms with Gasteiger partial charge in [-0.25, -0.2) is 5.10 Å². The zero-order valence-corrected chi connectivity index (χ0v) is 13.7. The lowest BCUT2D eigenvalue weighted by Crippen LogP contribution is -2.28. The van der Waals surface area contributed by atoms with Gasteiger partial charge in [-0.15, -0.1) is 5.10 Å². The molecule has 1 aliphatic carbocycles. The normalized spacial score (nSPS) is 24.8. The Morgan fingerprint density at radius 3 is 2.50 bits per heavy atom. The number of rotatable bonds is 2. The van der Waals surface area contributed by atoms with Crippen LogP contribution in [0.15, 0.2) is 0 Å². The van der Waals surface area contributed by atoms with E-state index in [9.17, 15) is 0 Å². The van der Waals surface area contributed by atoms with Gasteiger partial charge < -0.3 is 4.90 Å². The molecule has 1 aromatic heterocycles. The Kier molecular flexibility index (Phi) is 3.65. The number of hydrogen-bond donors (Lipinski definition) is 1. The summed E-state index contributed by atoms with van der Waals surface area (Å²) in [6.07, 6.45) is 6.39. The smallest absolute Gasteiger partial charge is 0.225 e. The first-order valence-corrected chi connectivity index (χ1v) is 8.29. The summed E-state index contributed by atoms with van der Waals surface area (Å²) in [4.78, 5) is 2.43. The molecule has 0 radical (unpaired) electrons. The Morgan fingerprint density at radius 2 is 1.90 bits per heavy atom. The first kappa shape index (κ1) is 14.1. The molecule has 0 aromatic carbocycles. The molecule has 3 rings (SSSR count). The topological polar surface area (TPSA) is 36.9 Å². The molecule has 1 saturated heterocycles. The van der Waals surface area contributed by atoms with Crippen molar-refractivity contribution in [2.45, 2.75) is 58.9 Å². The van der Waals surface area contributed by atoms with Crippen molar-refractivity contribution < 1.29 is 0 Å². The SMILES string of the molecule is CC(C)(C)C1CCN(c2n[nH]c(=S)n2C2CCCC2)C1. The fraction of sp³-hybridized carbons (Fsp3) is 0.867. The number of aromatic amines is 1. The van der Waals surface area contributed by atoms with Crippen molar-refractivity contribution >= 4 is 18.2 Å². The van der Waals surface area contributed by atoms with Crippen molar-refractivity contribution in [3.63, 3.8) is 0 Å². The summed E-state index contributed by atoms with van der Waals surface area (Å²) in [6, 6.07) is 0.560. The molecular weight excluding hydrogens is 268 g/mol.